The lowest BCUT2D eigenvalue weighted by molar-refractivity contribution is 0.0122. The number of benzene rings is 2. The number of aryl methyl sites for hydroxylation is 1. The summed E-state index contributed by atoms with van der Waals surface area (Å²) in [5.74, 6) is 0.419. The van der Waals surface area contributed by atoms with E-state index in [1.807, 2.05) is 49.9 Å². The fourth-order valence-electron chi connectivity index (χ4n) is 8.20. The molecule has 0 aliphatic carbocycles. The molecule has 312 valence electrons. The number of piperazine rings is 1. The predicted octanol–water partition coefficient (Wildman–Crippen LogP) is 8.44. The highest BCUT2D eigenvalue weighted by molar-refractivity contribution is 6.76. The number of amides is 2. The summed E-state index contributed by atoms with van der Waals surface area (Å²) in [7, 11) is 0.216. The minimum Gasteiger partial charge on any atom is -0.468 e. The molecule has 13 nitrogen and oxygen atoms in total. The number of hydrogen-bond donors (Lipinski definition) is 0. The Morgan fingerprint density at radius 1 is 0.983 bits per heavy atom. The van der Waals surface area contributed by atoms with Crippen LogP contribution in [-0.4, -0.2) is 115 Å². The zero-order valence-corrected chi connectivity index (χ0v) is 36.1. The molecule has 15 heteroatoms. The second-order valence-corrected chi connectivity index (χ2v) is 23.4. The van der Waals surface area contributed by atoms with Gasteiger partial charge >= 0.3 is 18.2 Å². The van der Waals surface area contributed by atoms with Crippen molar-refractivity contribution in [3.8, 4) is 23.0 Å². The summed E-state index contributed by atoms with van der Waals surface area (Å²) in [4.78, 5) is 46.3. The van der Waals surface area contributed by atoms with E-state index >= 15 is 4.39 Å². The summed E-state index contributed by atoms with van der Waals surface area (Å²) in [6, 6.07) is 10.5. The van der Waals surface area contributed by atoms with E-state index in [0.717, 1.165) is 41.6 Å². The van der Waals surface area contributed by atoms with Crippen molar-refractivity contribution < 1.29 is 37.7 Å². The van der Waals surface area contributed by atoms with E-state index in [9.17, 15) is 9.59 Å². The molecule has 7 rings (SSSR count). The van der Waals surface area contributed by atoms with Gasteiger partial charge in [-0.15, -0.1) is 0 Å². The molecule has 0 spiro atoms. The van der Waals surface area contributed by atoms with Crippen LogP contribution in [0.25, 0.3) is 32.9 Å². The fourth-order valence-corrected chi connectivity index (χ4v) is 8.92. The van der Waals surface area contributed by atoms with Crippen LogP contribution >= 0.6 is 0 Å². The average molecular weight is 817 g/mol. The van der Waals surface area contributed by atoms with Gasteiger partial charge in [-0.25, -0.2) is 14.0 Å². The number of methoxy groups -OCH3 is 1. The fraction of sp³-hybridized carbons (Fsp3) is 0.558. The predicted molar refractivity (Wildman–Crippen MR) is 224 cm³/mol. The Balaban J connectivity index is 1.24. The molecule has 3 fully saturated rings. The van der Waals surface area contributed by atoms with Gasteiger partial charge in [-0.3, -0.25) is 9.88 Å². The molecule has 3 aliphatic heterocycles. The van der Waals surface area contributed by atoms with Gasteiger partial charge in [0.1, 0.15) is 34.5 Å². The Morgan fingerprint density at radius 2 is 1.71 bits per heavy atom. The molecule has 5 heterocycles. The first-order valence-electron chi connectivity index (χ1n) is 20.5. The van der Waals surface area contributed by atoms with Crippen LogP contribution in [-0.2, 0) is 20.6 Å². The van der Waals surface area contributed by atoms with Crippen molar-refractivity contribution in [3.05, 3.63) is 47.9 Å². The van der Waals surface area contributed by atoms with Crippen LogP contribution in [0, 0.1) is 5.82 Å². The van der Waals surface area contributed by atoms with Crippen LogP contribution in [0.5, 0.6) is 11.8 Å². The number of halogens is 1. The van der Waals surface area contributed by atoms with Gasteiger partial charge in [0.05, 0.1) is 24.1 Å². The normalized spacial score (nSPS) is 18.9. The van der Waals surface area contributed by atoms with Gasteiger partial charge in [0.15, 0.2) is 12.6 Å². The Kier molecular flexibility index (Phi) is 12.0. The number of anilines is 1. The minimum atomic E-state index is -1.33. The van der Waals surface area contributed by atoms with Crippen LogP contribution < -0.4 is 14.4 Å². The number of piperidine rings is 1. The van der Waals surface area contributed by atoms with Crippen LogP contribution in [0.4, 0.5) is 19.8 Å². The van der Waals surface area contributed by atoms with E-state index in [1.54, 1.807) is 24.3 Å². The lowest BCUT2D eigenvalue weighted by Gasteiger charge is -2.42. The van der Waals surface area contributed by atoms with E-state index in [0.29, 0.717) is 68.1 Å². The molecular formula is C43H57FN6O7Si. The van der Waals surface area contributed by atoms with Crippen molar-refractivity contribution in [2.24, 2.45) is 0 Å². The quantitative estimate of drug-likeness (QED) is 0.107. The lowest BCUT2D eigenvalue weighted by atomic mass is 9.95. The summed E-state index contributed by atoms with van der Waals surface area (Å²) >= 11 is 0. The Morgan fingerprint density at radius 3 is 2.36 bits per heavy atom. The maximum absolute atomic E-state index is 17.4. The SMILES string of the molecule is CCc1cccc2cc(OCOC)cc(-c3ncc4c(N5CC6CCC(C5)N6C(=O)OC(C)(C)C)nc(OC5CCN(C(=O)OCC[Si](C)(C)C)CC5)nc4c3F)c12. The summed E-state index contributed by atoms with van der Waals surface area (Å²) in [6.07, 6.45) is 4.17. The topological polar surface area (TPSA) is 129 Å². The van der Waals surface area contributed by atoms with Gasteiger partial charge in [0.2, 0.25) is 0 Å². The molecule has 2 bridgehead atoms. The maximum Gasteiger partial charge on any atom is 0.410 e. The van der Waals surface area contributed by atoms with Crippen molar-refractivity contribution in [3.63, 3.8) is 0 Å². The van der Waals surface area contributed by atoms with Crippen LogP contribution in [0.2, 0.25) is 25.7 Å². The Labute approximate surface area is 341 Å². The molecule has 0 N–H and O–H groups in total. The monoisotopic (exact) mass is 816 g/mol. The van der Waals surface area contributed by atoms with Crippen molar-refractivity contribution in [1.82, 2.24) is 24.8 Å². The number of aromatic nitrogens is 3. The number of fused-ring (bicyclic) bond motifs is 4. The standard InChI is InChI=1S/C43H57FN6O7Si/c1-9-27-11-10-12-28-21-32(55-26-53-5)22-33(35(27)28)37-36(44)38-34(23-45-37)39(49-24-29-13-14-30(25-49)50(29)42(52)57-43(2,3)4)47-40(46-38)56-31-15-17-48(18-16-31)41(51)54-19-20-58(6,7)8/h10-12,21-23,29-31H,9,13-20,24-26H2,1-8H3. The number of ether oxygens (including phenoxy) is 5. The molecular weight excluding hydrogens is 760 g/mol. The van der Waals surface area contributed by atoms with Crippen LogP contribution in [0.1, 0.15) is 58.9 Å². The van der Waals surface area contributed by atoms with Gasteiger partial charge < -0.3 is 33.5 Å². The molecule has 2 aromatic carbocycles. The van der Waals surface area contributed by atoms with E-state index in [4.69, 9.17) is 38.6 Å². The molecule has 4 aromatic rings. The highest BCUT2D eigenvalue weighted by atomic mass is 28.3. The van der Waals surface area contributed by atoms with Crippen molar-refractivity contribution in [2.45, 2.75) is 109 Å². The number of nitrogens with zero attached hydrogens (tertiary/aromatic N) is 6. The van der Waals surface area contributed by atoms with Crippen LogP contribution in [0.15, 0.2) is 36.5 Å². The number of carbonyl (C=O) groups is 2. The van der Waals surface area contributed by atoms with Crippen LogP contribution in [0.3, 0.4) is 0 Å². The van der Waals surface area contributed by atoms with Crippen molar-refractivity contribution in [1.29, 1.82) is 0 Å². The molecule has 3 aliphatic rings. The number of pyridine rings is 1. The summed E-state index contributed by atoms with van der Waals surface area (Å²) in [5.41, 5.74) is 1.22. The summed E-state index contributed by atoms with van der Waals surface area (Å²) in [5, 5.41) is 2.22. The molecule has 2 unspecified atom stereocenters. The molecule has 0 saturated carbocycles. The highest BCUT2D eigenvalue weighted by Crippen LogP contribution is 2.41. The lowest BCUT2D eigenvalue weighted by Crippen LogP contribution is -2.57. The zero-order chi connectivity index (χ0) is 41.4. The molecule has 58 heavy (non-hydrogen) atoms. The Hall–Kier alpha value is -4.76. The summed E-state index contributed by atoms with van der Waals surface area (Å²) < 4.78 is 46.3. The van der Waals surface area contributed by atoms with Gasteiger partial charge in [-0.1, -0.05) is 44.8 Å². The maximum atomic E-state index is 17.4. The van der Waals surface area contributed by atoms with Crippen molar-refractivity contribution in [2.75, 3.05) is 51.6 Å². The average Bonchev–Trinajstić information content (AvgIpc) is 3.44. The smallest absolute Gasteiger partial charge is 0.410 e. The first-order chi connectivity index (χ1) is 27.6. The molecule has 2 atom stereocenters. The number of likely N-dealkylation sites (tertiary alicyclic amines) is 1. The van der Waals surface area contributed by atoms with E-state index < -0.39 is 19.5 Å². The minimum absolute atomic E-state index is 0.0330. The first kappa shape index (κ1) is 41.4. The number of carbonyl (C=O) groups excluding carboxylic acids is 2. The van der Waals surface area contributed by atoms with E-state index in [-0.39, 0.29) is 54.4 Å². The third-order valence-electron chi connectivity index (χ3n) is 11.1. The number of hydrogen-bond acceptors (Lipinski definition) is 11. The highest BCUT2D eigenvalue weighted by Gasteiger charge is 2.45. The van der Waals surface area contributed by atoms with E-state index in [2.05, 4.69) is 31.5 Å². The second-order valence-electron chi connectivity index (χ2n) is 17.8. The number of rotatable bonds is 11. The zero-order valence-electron chi connectivity index (χ0n) is 35.1. The third kappa shape index (κ3) is 9.10. The van der Waals surface area contributed by atoms with Gasteiger partial charge in [0.25, 0.3) is 0 Å². The first-order valence-corrected chi connectivity index (χ1v) is 24.2. The molecule has 0 radical (unpaired) electrons. The van der Waals surface area contributed by atoms with Crippen molar-refractivity contribution >= 4 is 47.8 Å². The van der Waals surface area contributed by atoms with Gasteiger partial charge in [-0.2, -0.15) is 9.97 Å². The largest absolute Gasteiger partial charge is 0.468 e. The molecule has 2 aromatic heterocycles. The van der Waals surface area contributed by atoms with Gasteiger partial charge in [-0.05, 0) is 74.5 Å². The Bertz CT molecular complexity index is 2140. The second kappa shape index (κ2) is 16.8. The molecule has 2 amide bonds. The third-order valence-corrected chi connectivity index (χ3v) is 12.8. The van der Waals surface area contributed by atoms with Gasteiger partial charge in [0, 0.05) is 66.0 Å². The molecule has 3 saturated heterocycles. The summed E-state index contributed by atoms with van der Waals surface area (Å²) in [6.45, 7) is 16.8. The van der Waals surface area contributed by atoms with E-state index in [1.165, 1.54) is 0 Å².